The summed E-state index contributed by atoms with van der Waals surface area (Å²) in [5, 5.41) is 8.72. The summed E-state index contributed by atoms with van der Waals surface area (Å²) in [7, 11) is 0. The molecule has 0 saturated carbocycles. The van der Waals surface area contributed by atoms with Crippen molar-refractivity contribution in [2.24, 2.45) is 0 Å². The first kappa shape index (κ1) is 8.33. The molecule has 0 saturated heterocycles. The van der Waals surface area contributed by atoms with E-state index < -0.39 is 0 Å². The monoisotopic (exact) mass is 169 g/mol. The van der Waals surface area contributed by atoms with Crippen LogP contribution < -0.4 is 0 Å². The normalized spacial score (nSPS) is 9.91. The number of hydrogen-bond acceptors (Lipinski definition) is 3. The SMILES string of the molecule is C=CCSc1nncn1CC. The third-order valence-electron chi connectivity index (χ3n) is 1.25. The van der Waals surface area contributed by atoms with Gasteiger partial charge in [-0.15, -0.1) is 16.8 Å². The fourth-order valence-corrected chi connectivity index (χ4v) is 1.42. The van der Waals surface area contributed by atoms with Crippen LogP contribution in [0.25, 0.3) is 0 Å². The van der Waals surface area contributed by atoms with E-state index in [2.05, 4.69) is 23.7 Å². The van der Waals surface area contributed by atoms with Gasteiger partial charge in [0, 0.05) is 12.3 Å². The molecule has 11 heavy (non-hydrogen) atoms. The number of aryl methyl sites for hydroxylation is 1. The van der Waals surface area contributed by atoms with Gasteiger partial charge in [0.25, 0.3) is 0 Å². The fraction of sp³-hybridized carbons (Fsp3) is 0.429. The van der Waals surface area contributed by atoms with Gasteiger partial charge in [0.15, 0.2) is 5.16 Å². The Balaban J connectivity index is 2.60. The quantitative estimate of drug-likeness (QED) is 0.506. The predicted octanol–water partition coefficient (Wildman–Crippen LogP) is 1.58. The summed E-state index contributed by atoms with van der Waals surface area (Å²) >= 11 is 1.65. The number of rotatable bonds is 4. The fourth-order valence-electron chi connectivity index (χ4n) is 0.707. The summed E-state index contributed by atoms with van der Waals surface area (Å²) in [6.07, 6.45) is 3.60. The molecule has 3 nitrogen and oxygen atoms in total. The molecular formula is C7H11N3S. The molecule has 0 atom stereocenters. The van der Waals surface area contributed by atoms with Gasteiger partial charge in [0.05, 0.1) is 0 Å². The molecule has 0 N–H and O–H groups in total. The predicted molar refractivity (Wildman–Crippen MR) is 46.6 cm³/mol. The number of aromatic nitrogens is 3. The topological polar surface area (TPSA) is 30.7 Å². The summed E-state index contributed by atoms with van der Waals surface area (Å²) < 4.78 is 2.01. The van der Waals surface area contributed by atoms with Crippen LogP contribution in [-0.2, 0) is 6.54 Å². The lowest BCUT2D eigenvalue weighted by Crippen LogP contribution is -1.94. The third-order valence-corrected chi connectivity index (χ3v) is 2.23. The van der Waals surface area contributed by atoms with Crippen molar-refractivity contribution < 1.29 is 0 Å². The molecule has 0 radical (unpaired) electrons. The molecule has 0 aliphatic heterocycles. The lowest BCUT2D eigenvalue weighted by molar-refractivity contribution is 0.681. The first-order valence-electron chi connectivity index (χ1n) is 3.50. The average molecular weight is 169 g/mol. The zero-order valence-corrected chi connectivity index (χ0v) is 7.34. The molecule has 60 valence electrons. The number of hydrogen-bond donors (Lipinski definition) is 0. The molecule has 1 aromatic rings. The summed E-state index contributed by atoms with van der Waals surface area (Å²) in [6, 6.07) is 0. The highest BCUT2D eigenvalue weighted by molar-refractivity contribution is 7.99. The van der Waals surface area contributed by atoms with E-state index in [9.17, 15) is 0 Å². The van der Waals surface area contributed by atoms with Crippen molar-refractivity contribution in [1.82, 2.24) is 14.8 Å². The first-order chi connectivity index (χ1) is 5.38. The van der Waals surface area contributed by atoms with E-state index in [1.54, 1.807) is 18.1 Å². The summed E-state index contributed by atoms with van der Waals surface area (Å²) in [4.78, 5) is 0. The first-order valence-corrected chi connectivity index (χ1v) is 4.48. The van der Waals surface area contributed by atoms with Crippen molar-refractivity contribution in [2.45, 2.75) is 18.6 Å². The summed E-state index contributed by atoms with van der Waals surface area (Å²) in [5.74, 6) is 0.888. The zero-order chi connectivity index (χ0) is 8.10. The molecule has 0 unspecified atom stereocenters. The zero-order valence-electron chi connectivity index (χ0n) is 6.53. The van der Waals surface area contributed by atoms with E-state index in [4.69, 9.17) is 0 Å². The molecule has 0 spiro atoms. The van der Waals surface area contributed by atoms with Crippen LogP contribution in [0.2, 0.25) is 0 Å². The molecule has 4 heteroatoms. The second-order valence-corrected chi connectivity index (χ2v) is 2.99. The van der Waals surface area contributed by atoms with Gasteiger partial charge in [-0.3, -0.25) is 0 Å². The molecule has 1 aromatic heterocycles. The van der Waals surface area contributed by atoms with E-state index in [0.717, 1.165) is 17.5 Å². The Hall–Kier alpha value is -0.770. The van der Waals surface area contributed by atoms with Crippen LogP contribution >= 0.6 is 11.8 Å². The number of nitrogens with zero attached hydrogens (tertiary/aromatic N) is 3. The largest absolute Gasteiger partial charge is 0.309 e. The molecule has 1 heterocycles. The maximum atomic E-state index is 3.95. The summed E-state index contributed by atoms with van der Waals surface area (Å²) in [6.45, 7) is 6.63. The molecule has 0 amide bonds. The Bertz CT molecular complexity index is 231. The van der Waals surface area contributed by atoms with Crippen LogP contribution in [-0.4, -0.2) is 20.5 Å². The van der Waals surface area contributed by atoms with Crippen LogP contribution in [0.3, 0.4) is 0 Å². The second-order valence-electron chi connectivity index (χ2n) is 2.00. The van der Waals surface area contributed by atoms with E-state index in [-0.39, 0.29) is 0 Å². The molecule has 0 aromatic carbocycles. The minimum absolute atomic E-state index is 0.888. The van der Waals surface area contributed by atoms with Crippen molar-refractivity contribution in [3.05, 3.63) is 19.0 Å². The van der Waals surface area contributed by atoms with Gasteiger partial charge in [0.2, 0.25) is 0 Å². The molecule has 0 aliphatic rings. The van der Waals surface area contributed by atoms with Gasteiger partial charge in [-0.1, -0.05) is 17.8 Å². The van der Waals surface area contributed by atoms with E-state index >= 15 is 0 Å². The van der Waals surface area contributed by atoms with Gasteiger partial charge in [-0.25, -0.2) is 0 Å². The molecular weight excluding hydrogens is 158 g/mol. The van der Waals surface area contributed by atoms with E-state index in [1.807, 2.05) is 10.6 Å². The van der Waals surface area contributed by atoms with Crippen LogP contribution in [0.15, 0.2) is 24.1 Å². The Morgan fingerprint density at radius 3 is 3.27 bits per heavy atom. The van der Waals surface area contributed by atoms with Gasteiger partial charge in [0.1, 0.15) is 6.33 Å². The minimum Gasteiger partial charge on any atom is -0.309 e. The Labute approximate surface area is 70.5 Å². The van der Waals surface area contributed by atoms with E-state index in [0.29, 0.717) is 0 Å². The highest BCUT2D eigenvalue weighted by atomic mass is 32.2. The third kappa shape index (κ3) is 2.08. The van der Waals surface area contributed by atoms with E-state index in [1.165, 1.54) is 0 Å². The Morgan fingerprint density at radius 1 is 1.82 bits per heavy atom. The highest BCUT2D eigenvalue weighted by Crippen LogP contribution is 2.13. The smallest absolute Gasteiger partial charge is 0.191 e. The van der Waals surface area contributed by atoms with Gasteiger partial charge >= 0.3 is 0 Å². The van der Waals surface area contributed by atoms with Crippen LogP contribution in [0.5, 0.6) is 0 Å². The van der Waals surface area contributed by atoms with Gasteiger partial charge < -0.3 is 4.57 Å². The minimum atomic E-state index is 0.888. The molecule has 0 fully saturated rings. The van der Waals surface area contributed by atoms with Crippen molar-refractivity contribution in [1.29, 1.82) is 0 Å². The molecule has 0 aliphatic carbocycles. The second kappa shape index (κ2) is 4.18. The lowest BCUT2D eigenvalue weighted by Gasteiger charge is -1.98. The average Bonchev–Trinajstić information content (AvgIpc) is 2.47. The van der Waals surface area contributed by atoms with Crippen LogP contribution in [0.4, 0.5) is 0 Å². The van der Waals surface area contributed by atoms with Crippen molar-refractivity contribution in [3.63, 3.8) is 0 Å². The lowest BCUT2D eigenvalue weighted by atomic mass is 10.7. The van der Waals surface area contributed by atoms with Crippen LogP contribution in [0, 0.1) is 0 Å². The van der Waals surface area contributed by atoms with Gasteiger partial charge in [-0.05, 0) is 6.92 Å². The summed E-state index contributed by atoms with van der Waals surface area (Å²) in [5.41, 5.74) is 0. The maximum absolute atomic E-state index is 3.95. The highest BCUT2D eigenvalue weighted by Gasteiger charge is 1.99. The van der Waals surface area contributed by atoms with Crippen molar-refractivity contribution >= 4 is 11.8 Å². The Kier molecular flexibility index (Phi) is 3.16. The maximum Gasteiger partial charge on any atom is 0.191 e. The van der Waals surface area contributed by atoms with Crippen molar-refractivity contribution in [3.8, 4) is 0 Å². The van der Waals surface area contributed by atoms with Crippen molar-refractivity contribution in [2.75, 3.05) is 5.75 Å². The molecule has 1 rings (SSSR count). The molecule has 0 bridgehead atoms. The van der Waals surface area contributed by atoms with Gasteiger partial charge in [-0.2, -0.15) is 0 Å². The number of thioether (sulfide) groups is 1. The van der Waals surface area contributed by atoms with Crippen LogP contribution in [0.1, 0.15) is 6.92 Å². The Morgan fingerprint density at radius 2 is 2.64 bits per heavy atom. The standard InChI is InChI=1S/C7H11N3S/c1-3-5-11-7-9-8-6-10(7)4-2/h3,6H,1,4-5H2,2H3.